The first-order valence-electron chi connectivity index (χ1n) is 27.3. The fourth-order valence-electron chi connectivity index (χ4n) is 9.76. The van der Waals surface area contributed by atoms with Crippen LogP contribution in [0.25, 0.3) is 0 Å². The van der Waals surface area contributed by atoms with E-state index < -0.39 is 73.0 Å². The molecule has 2 N–H and O–H groups in total. The maximum Gasteiger partial charge on any atom is 0.508 e. The van der Waals surface area contributed by atoms with Crippen LogP contribution in [0, 0.1) is 11.8 Å². The van der Waals surface area contributed by atoms with Gasteiger partial charge < -0.3 is 62.3 Å². The number of carbonyl (C=O) groups is 1. The van der Waals surface area contributed by atoms with Crippen molar-refractivity contribution in [1.29, 1.82) is 0 Å². The maximum atomic E-state index is 14.0. The van der Waals surface area contributed by atoms with Gasteiger partial charge in [0.1, 0.15) is 61.5 Å². The molecule has 11 atom stereocenters. The Labute approximate surface area is 474 Å². The number of methoxy groups -OCH3 is 1. The van der Waals surface area contributed by atoms with Crippen molar-refractivity contribution in [1.82, 2.24) is 0 Å². The van der Waals surface area contributed by atoms with Gasteiger partial charge in [0.05, 0.1) is 52.9 Å². The summed E-state index contributed by atoms with van der Waals surface area (Å²) in [6, 6.07) is 67.3. The third-order valence-electron chi connectivity index (χ3n) is 13.9. The number of hydrogen-bond donors (Lipinski definition) is 2. The second-order valence-electron chi connectivity index (χ2n) is 20.0. The summed E-state index contributed by atoms with van der Waals surface area (Å²) in [4.78, 5) is 12.8. The van der Waals surface area contributed by atoms with Crippen molar-refractivity contribution in [2.75, 3.05) is 20.3 Å². The molecule has 0 unspecified atom stereocenters. The lowest BCUT2D eigenvalue weighted by atomic mass is 9.83. The summed E-state index contributed by atoms with van der Waals surface area (Å²) >= 11 is 0. The van der Waals surface area contributed by atoms with Gasteiger partial charge in [0, 0.05) is 13.5 Å². The fraction of sp³-hybridized carbons (Fsp3) is 0.328. The number of benzene rings is 7. The van der Waals surface area contributed by atoms with E-state index in [4.69, 9.17) is 52.1 Å². The number of hydrogen-bond acceptors (Lipinski definition) is 14. The van der Waals surface area contributed by atoms with E-state index in [0.717, 1.165) is 38.9 Å². The van der Waals surface area contributed by atoms with Crippen molar-refractivity contribution in [3.8, 4) is 11.8 Å². The highest BCUT2D eigenvalue weighted by Gasteiger charge is 2.52. The third kappa shape index (κ3) is 17.5. The number of ether oxygens (including phenoxy) is 11. The zero-order chi connectivity index (χ0) is 55.9. The molecule has 7 aromatic carbocycles. The van der Waals surface area contributed by atoms with Crippen LogP contribution in [-0.4, -0.2) is 104 Å². The van der Waals surface area contributed by atoms with E-state index in [1.54, 1.807) is 0 Å². The lowest BCUT2D eigenvalue weighted by Gasteiger charge is -2.44. The Morgan fingerprint density at radius 1 is 0.519 bits per heavy atom. The average molecular weight is 1100 g/mol. The normalized spacial score (nSPS) is 21.0. The van der Waals surface area contributed by atoms with Gasteiger partial charge in [0.25, 0.3) is 0 Å². The van der Waals surface area contributed by atoms with E-state index in [2.05, 4.69) is 11.8 Å². The van der Waals surface area contributed by atoms with Gasteiger partial charge in [-0.2, -0.15) is 0 Å². The quantitative estimate of drug-likeness (QED) is 0.0337. The smallest absolute Gasteiger partial charge is 0.430 e. The molecule has 2 heterocycles. The van der Waals surface area contributed by atoms with Crippen LogP contribution in [0.15, 0.2) is 212 Å². The largest absolute Gasteiger partial charge is 0.508 e. The van der Waals surface area contributed by atoms with Crippen molar-refractivity contribution < 1.29 is 67.1 Å². The van der Waals surface area contributed by atoms with E-state index in [1.807, 2.05) is 212 Å². The van der Waals surface area contributed by atoms with E-state index in [9.17, 15) is 15.0 Å². The Morgan fingerprint density at radius 3 is 1.35 bits per heavy atom. The average Bonchev–Trinajstić information content (AvgIpc) is 4.02. The molecule has 14 heteroatoms. The van der Waals surface area contributed by atoms with Crippen LogP contribution < -0.4 is 0 Å². The summed E-state index contributed by atoms with van der Waals surface area (Å²) in [5, 5.41) is 26.5. The molecule has 9 rings (SSSR count). The second-order valence-corrected chi connectivity index (χ2v) is 20.0. The van der Waals surface area contributed by atoms with E-state index in [1.165, 1.54) is 7.11 Å². The number of rotatable bonds is 29. The topological polar surface area (TPSA) is 159 Å². The highest BCUT2D eigenvalue weighted by Crippen LogP contribution is 2.35. The van der Waals surface area contributed by atoms with Gasteiger partial charge in [-0.3, -0.25) is 0 Å². The second kappa shape index (κ2) is 30.7. The molecule has 422 valence electrons. The van der Waals surface area contributed by atoms with Gasteiger partial charge in [-0.1, -0.05) is 224 Å². The van der Waals surface area contributed by atoms with Crippen LogP contribution in [0.3, 0.4) is 0 Å². The first-order chi connectivity index (χ1) is 39.8. The first kappa shape index (κ1) is 58.6. The van der Waals surface area contributed by atoms with Crippen LogP contribution in [-0.2, 0) is 98.4 Å². The molecular weight excluding hydrogens is 1030 g/mol. The van der Waals surface area contributed by atoms with Crippen LogP contribution in [0.4, 0.5) is 4.79 Å². The number of aliphatic hydroxyl groups is 2. The Morgan fingerprint density at radius 2 is 0.914 bits per heavy atom. The lowest BCUT2D eigenvalue weighted by Crippen LogP contribution is -2.61. The number of carbonyl (C=O) groups excluding carboxylic acids is 1. The van der Waals surface area contributed by atoms with Gasteiger partial charge in [-0.05, 0) is 38.9 Å². The summed E-state index contributed by atoms with van der Waals surface area (Å²) in [5.41, 5.74) is 3.64. The number of cyclic esters (lactones) is 2. The molecule has 14 nitrogen and oxygen atoms in total. The van der Waals surface area contributed by atoms with Crippen molar-refractivity contribution in [2.24, 2.45) is 0 Å². The molecule has 2 aliphatic heterocycles. The highest BCUT2D eigenvalue weighted by atomic mass is 16.8. The molecule has 2 saturated heterocycles. The van der Waals surface area contributed by atoms with Crippen molar-refractivity contribution in [3.05, 3.63) is 251 Å². The monoisotopic (exact) mass is 1100 g/mol. The molecule has 7 aromatic rings. The first-order valence-corrected chi connectivity index (χ1v) is 27.3. The molecule has 81 heavy (non-hydrogen) atoms. The van der Waals surface area contributed by atoms with Gasteiger partial charge in [0.15, 0.2) is 11.9 Å². The van der Waals surface area contributed by atoms with Crippen LogP contribution in [0.1, 0.15) is 45.4 Å². The van der Waals surface area contributed by atoms with E-state index in [-0.39, 0.29) is 65.9 Å². The molecule has 0 aliphatic carbocycles. The summed E-state index contributed by atoms with van der Waals surface area (Å²) in [7, 11) is 1.52. The highest BCUT2D eigenvalue weighted by molar-refractivity contribution is 5.61. The Balaban J connectivity index is 1.16. The molecule has 0 saturated carbocycles. The predicted octanol–water partition coefficient (Wildman–Crippen LogP) is 10.1. The standard InChI is InChI=1S/C67H70O14/c1-71-65-63(77-45-54-33-19-7-20-34-54)61(75-43-52-29-15-5-16-30-52)60(74-42-51-27-13-4-14-28-51)58(81-65)37-38-67(70,39-56-47-79-66(69)80-56)64(78-46-55-35-21-8-22-36-55)62(76-44-53-31-17-6-18-32-53)59(73-41-50-25-11-3-12-26-50)57(68)48-72-40-49-23-9-2-10-24-49/h2-36,56-65,68,70H,39-48H2,1H3/t56-,57+,58+,59+,60+,61-,62-,63+,64+,65-,67+/m0/s1. The van der Waals surface area contributed by atoms with E-state index >= 15 is 0 Å². The third-order valence-corrected chi connectivity index (χ3v) is 13.9. The lowest BCUT2D eigenvalue weighted by molar-refractivity contribution is -0.307. The summed E-state index contributed by atoms with van der Waals surface area (Å²) in [6.07, 6.45) is -12.7. The Hall–Kier alpha value is -7.07. The Kier molecular flexibility index (Phi) is 22.2. The van der Waals surface area contributed by atoms with Crippen molar-refractivity contribution in [2.45, 2.75) is 119 Å². The Bertz CT molecular complexity index is 2950. The zero-order valence-electron chi connectivity index (χ0n) is 45.3. The molecule has 0 spiro atoms. The van der Waals surface area contributed by atoms with Gasteiger partial charge in [-0.15, -0.1) is 0 Å². The molecule has 2 fully saturated rings. The van der Waals surface area contributed by atoms with Gasteiger partial charge in [-0.25, -0.2) is 4.79 Å². The SMILES string of the molecule is CO[C@H]1O[C@H](C#C[C@@](O)(C[C@H]2COC(=O)O2)[C@H](OCc2ccccc2)[C@@H](OCc2ccccc2)[C@H](OCc2ccccc2)[C@H](O)COCc2ccccc2)[C@@H](OCc2ccccc2)[C@H](OCc2ccccc2)[C@H]1OCc1ccccc1. The molecule has 0 radical (unpaired) electrons. The maximum absolute atomic E-state index is 14.0. The summed E-state index contributed by atoms with van der Waals surface area (Å²) in [6.45, 7) is 0.267. The molecule has 0 bridgehead atoms. The minimum Gasteiger partial charge on any atom is -0.430 e. The molecular formula is C67H70O14. The molecule has 0 amide bonds. The summed E-state index contributed by atoms with van der Waals surface area (Å²) < 4.78 is 71.5. The van der Waals surface area contributed by atoms with Crippen molar-refractivity contribution in [3.63, 3.8) is 0 Å². The van der Waals surface area contributed by atoms with Crippen LogP contribution in [0.5, 0.6) is 0 Å². The fourth-order valence-corrected chi connectivity index (χ4v) is 9.76. The van der Waals surface area contributed by atoms with Gasteiger partial charge >= 0.3 is 6.16 Å². The minimum atomic E-state index is -2.33. The zero-order valence-corrected chi connectivity index (χ0v) is 45.3. The van der Waals surface area contributed by atoms with Crippen LogP contribution >= 0.6 is 0 Å². The minimum absolute atomic E-state index is 0.00795. The molecule has 2 aliphatic rings. The summed E-state index contributed by atoms with van der Waals surface area (Å²) in [5.74, 6) is 6.52. The predicted molar refractivity (Wildman–Crippen MR) is 301 cm³/mol. The van der Waals surface area contributed by atoms with Gasteiger partial charge in [0.2, 0.25) is 0 Å². The van der Waals surface area contributed by atoms with E-state index in [0.29, 0.717) is 0 Å². The van der Waals surface area contributed by atoms with Crippen molar-refractivity contribution >= 4 is 6.16 Å². The number of aliphatic hydroxyl groups excluding tert-OH is 1. The van der Waals surface area contributed by atoms with Crippen LogP contribution in [0.2, 0.25) is 0 Å². The molecule has 0 aromatic heterocycles.